The number of carbonyl (C=O) groups excluding carboxylic acids is 1. The summed E-state index contributed by atoms with van der Waals surface area (Å²) in [5.74, 6) is -0.267. The monoisotopic (exact) mass is 170 g/mol. The molecule has 0 bridgehead atoms. The highest BCUT2D eigenvalue weighted by Crippen LogP contribution is 2.23. The minimum Gasteiger partial charge on any atom is -0.466 e. The zero-order valence-corrected chi connectivity index (χ0v) is 8.60. The van der Waals surface area contributed by atoms with Gasteiger partial charge in [0.15, 0.2) is 0 Å². The van der Waals surface area contributed by atoms with Gasteiger partial charge in [-0.25, -0.2) is 4.79 Å². The largest absolute Gasteiger partial charge is 0.466 e. The van der Waals surface area contributed by atoms with Crippen LogP contribution in [0.2, 0.25) is 0 Å². The van der Waals surface area contributed by atoms with Crippen molar-refractivity contribution in [3.8, 4) is 0 Å². The summed E-state index contributed by atoms with van der Waals surface area (Å²) >= 11 is 0. The fourth-order valence-corrected chi connectivity index (χ4v) is 1.15. The maximum atomic E-state index is 10.8. The van der Waals surface area contributed by atoms with E-state index in [9.17, 15) is 4.79 Å². The molecule has 0 fully saturated rings. The predicted octanol–water partition coefficient (Wildman–Crippen LogP) is 2.54. The maximum Gasteiger partial charge on any atom is 0.330 e. The van der Waals surface area contributed by atoms with E-state index >= 15 is 0 Å². The Morgan fingerprint density at radius 3 is 2.25 bits per heavy atom. The average Bonchev–Trinajstić information content (AvgIpc) is 1.82. The highest BCUT2D eigenvalue weighted by Gasteiger charge is 2.11. The molecule has 0 aromatic rings. The van der Waals surface area contributed by atoms with Crippen LogP contribution in [0.4, 0.5) is 0 Å². The molecule has 0 aliphatic carbocycles. The van der Waals surface area contributed by atoms with Gasteiger partial charge in [-0.2, -0.15) is 0 Å². The van der Waals surface area contributed by atoms with E-state index < -0.39 is 0 Å². The molecule has 12 heavy (non-hydrogen) atoms. The van der Waals surface area contributed by atoms with Crippen molar-refractivity contribution < 1.29 is 9.53 Å². The van der Waals surface area contributed by atoms with Gasteiger partial charge in [-0.05, 0) is 18.8 Å². The number of allylic oxidation sites excluding steroid dienone is 1. The number of rotatable bonds is 2. The molecule has 0 aliphatic rings. The van der Waals surface area contributed by atoms with E-state index in [2.05, 4.69) is 25.5 Å². The van der Waals surface area contributed by atoms with Crippen molar-refractivity contribution in [2.75, 3.05) is 7.11 Å². The lowest BCUT2D eigenvalue weighted by Gasteiger charge is -2.17. The second-order valence-corrected chi connectivity index (χ2v) is 4.25. The second kappa shape index (κ2) is 4.29. The van der Waals surface area contributed by atoms with Crippen LogP contribution in [0.15, 0.2) is 11.6 Å². The third-order valence-electron chi connectivity index (χ3n) is 1.37. The molecular formula is C10H18O2. The van der Waals surface area contributed by atoms with Gasteiger partial charge in [0.2, 0.25) is 0 Å². The van der Waals surface area contributed by atoms with Crippen molar-refractivity contribution in [2.24, 2.45) is 5.41 Å². The summed E-state index contributed by atoms with van der Waals surface area (Å²) < 4.78 is 4.52. The van der Waals surface area contributed by atoms with Crippen LogP contribution in [-0.4, -0.2) is 13.1 Å². The van der Waals surface area contributed by atoms with Gasteiger partial charge < -0.3 is 4.74 Å². The summed E-state index contributed by atoms with van der Waals surface area (Å²) in [6.07, 6.45) is 2.47. The van der Waals surface area contributed by atoms with Gasteiger partial charge in [0.25, 0.3) is 0 Å². The average molecular weight is 170 g/mol. The second-order valence-electron chi connectivity index (χ2n) is 4.25. The standard InChI is InChI=1S/C10H18O2/c1-8(6-9(11)12-5)7-10(2,3)4/h6H,7H2,1-5H3/b8-6-. The van der Waals surface area contributed by atoms with Crippen molar-refractivity contribution in [1.29, 1.82) is 0 Å². The molecule has 0 unspecified atom stereocenters. The van der Waals surface area contributed by atoms with Crippen molar-refractivity contribution in [3.05, 3.63) is 11.6 Å². The van der Waals surface area contributed by atoms with Gasteiger partial charge in [0, 0.05) is 6.08 Å². The van der Waals surface area contributed by atoms with Crippen LogP contribution >= 0.6 is 0 Å². The molecule has 0 aliphatic heterocycles. The van der Waals surface area contributed by atoms with Crippen molar-refractivity contribution in [1.82, 2.24) is 0 Å². The van der Waals surface area contributed by atoms with Crippen LogP contribution in [-0.2, 0) is 9.53 Å². The fraction of sp³-hybridized carbons (Fsp3) is 0.700. The number of esters is 1. The third-order valence-corrected chi connectivity index (χ3v) is 1.37. The number of carbonyl (C=O) groups is 1. The molecular weight excluding hydrogens is 152 g/mol. The van der Waals surface area contributed by atoms with E-state index in [1.54, 1.807) is 6.08 Å². The Balaban J connectivity index is 4.12. The van der Waals surface area contributed by atoms with Gasteiger partial charge in [0.05, 0.1) is 7.11 Å². The van der Waals surface area contributed by atoms with Crippen molar-refractivity contribution in [2.45, 2.75) is 34.1 Å². The quantitative estimate of drug-likeness (QED) is 0.470. The lowest BCUT2D eigenvalue weighted by Crippen LogP contribution is -2.06. The van der Waals surface area contributed by atoms with Crippen LogP contribution in [0.25, 0.3) is 0 Å². The molecule has 0 atom stereocenters. The minimum atomic E-state index is -0.267. The highest BCUT2D eigenvalue weighted by molar-refractivity contribution is 5.82. The predicted molar refractivity (Wildman–Crippen MR) is 49.8 cm³/mol. The van der Waals surface area contributed by atoms with Gasteiger partial charge in [-0.1, -0.05) is 26.3 Å². The Morgan fingerprint density at radius 2 is 1.92 bits per heavy atom. The lowest BCUT2D eigenvalue weighted by molar-refractivity contribution is -0.134. The molecule has 0 rings (SSSR count). The molecule has 2 heteroatoms. The van der Waals surface area contributed by atoms with Gasteiger partial charge in [-0.15, -0.1) is 0 Å². The van der Waals surface area contributed by atoms with Crippen LogP contribution < -0.4 is 0 Å². The van der Waals surface area contributed by atoms with Gasteiger partial charge in [0.1, 0.15) is 0 Å². The van der Waals surface area contributed by atoms with Gasteiger partial charge in [-0.3, -0.25) is 0 Å². The number of ether oxygens (including phenoxy) is 1. The molecule has 0 aromatic carbocycles. The summed E-state index contributed by atoms with van der Waals surface area (Å²) in [4.78, 5) is 10.8. The summed E-state index contributed by atoms with van der Waals surface area (Å²) in [5, 5.41) is 0. The van der Waals surface area contributed by atoms with E-state index in [1.165, 1.54) is 7.11 Å². The first-order chi connectivity index (χ1) is 5.35. The molecule has 0 spiro atoms. The SMILES string of the molecule is COC(=O)/C=C(/C)CC(C)(C)C. The number of hydrogen-bond acceptors (Lipinski definition) is 2. The maximum absolute atomic E-state index is 10.8. The first kappa shape index (κ1) is 11.2. The Labute approximate surface area is 74.6 Å². The van der Waals surface area contributed by atoms with Crippen LogP contribution in [0, 0.1) is 5.41 Å². The molecule has 0 radical (unpaired) electrons. The Bertz CT molecular complexity index is 185. The molecule has 0 aromatic heterocycles. The zero-order chi connectivity index (χ0) is 9.78. The highest BCUT2D eigenvalue weighted by atomic mass is 16.5. The summed E-state index contributed by atoms with van der Waals surface area (Å²) in [6.45, 7) is 8.37. The van der Waals surface area contributed by atoms with E-state index in [4.69, 9.17) is 0 Å². The molecule has 0 amide bonds. The molecule has 2 nitrogen and oxygen atoms in total. The molecule has 0 heterocycles. The lowest BCUT2D eigenvalue weighted by atomic mass is 9.88. The van der Waals surface area contributed by atoms with Crippen molar-refractivity contribution >= 4 is 5.97 Å². The summed E-state index contributed by atoms with van der Waals surface area (Å²) in [5.41, 5.74) is 1.29. The van der Waals surface area contributed by atoms with Crippen LogP contribution in [0.1, 0.15) is 34.1 Å². The van der Waals surface area contributed by atoms with Crippen LogP contribution in [0.5, 0.6) is 0 Å². The third kappa shape index (κ3) is 5.96. The summed E-state index contributed by atoms with van der Waals surface area (Å²) in [6, 6.07) is 0. The fourth-order valence-electron chi connectivity index (χ4n) is 1.15. The number of methoxy groups -OCH3 is 1. The summed E-state index contributed by atoms with van der Waals surface area (Å²) in [7, 11) is 1.39. The Morgan fingerprint density at radius 1 is 1.42 bits per heavy atom. The topological polar surface area (TPSA) is 26.3 Å². The van der Waals surface area contributed by atoms with E-state index in [0.29, 0.717) is 0 Å². The molecule has 70 valence electrons. The van der Waals surface area contributed by atoms with Crippen LogP contribution in [0.3, 0.4) is 0 Å². The Hall–Kier alpha value is -0.790. The normalized spacial score (nSPS) is 12.9. The molecule has 0 N–H and O–H groups in total. The van der Waals surface area contributed by atoms with E-state index in [0.717, 1.165) is 12.0 Å². The first-order valence-corrected chi connectivity index (χ1v) is 4.10. The molecule has 0 saturated carbocycles. The Kier molecular flexibility index (Phi) is 4.01. The molecule has 0 saturated heterocycles. The van der Waals surface area contributed by atoms with E-state index in [1.807, 2.05) is 6.92 Å². The first-order valence-electron chi connectivity index (χ1n) is 4.10. The minimum absolute atomic E-state index is 0.231. The smallest absolute Gasteiger partial charge is 0.330 e. The zero-order valence-electron chi connectivity index (χ0n) is 8.60. The van der Waals surface area contributed by atoms with E-state index in [-0.39, 0.29) is 11.4 Å². The number of hydrogen-bond donors (Lipinski definition) is 0. The van der Waals surface area contributed by atoms with Gasteiger partial charge >= 0.3 is 5.97 Å². The van der Waals surface area contributed by atoms with Crippen molar-refractivity contribution in [3.63, 3.8) is 0 Å².